The van der Waals surface area contributed by atoms with Gasteiger partial charge in [0.1, 0.15) is 18.0 Å². The van der Waals surface area contributed by atoms with Crippen LogP contribution in [-0.4, -0.2) is 43.8 Å². The monoisotopic (exact) mass is 238 g/mol. The number of aromatic nitrogens is 2. The Kier molecular flexibility index (Phi) is 5.69. The molecule has 5 heteroatoms. The lowest BCUT2D eigenvalue weighted by Gasteiger charge is -2.21. The van der Waals surface area contributed by atoms with E-state index in [1.807, 2.05) is 21.0 Å². The van der Waals surface area contributed by atoms with Crippen LogP contribution in [0.1, 0.15) is 19.4 Å². The Morgan fingerprint density at radius 3 is 2.71 bits per heavy atom. The molecule has 0 fully saturated rings. The van der Waals surface area contributed by atoms with Gasteiger partial charge in [-0.1, -0.05) is 6.92 Å². The van der Waals surface area contributed by atoms with Gasteiger partial charge in [0.2, 0.25) is 0 Å². The number of anilines is 2. The SMILES string of the molecule is CCOCCN(C)c1ncnc(NC)c1CC. The molecule has 0 atom stereocenters. The van der Waals surface area contributed by atoms with Crippen LogP contribution in [0.25, 0.3) is 0 Å². The van der Waals surface area contributed by atoms with Gasteiger partial charge in [-0.05, 0) is 13.3 Å². The standard InChI is InChI=1S/C12H22N4O/c1-5-10-11(13-3)14-9-15-12(10)16(4)7-8-17-6-2/h9H,5-8H2,1-4H3,(H,13,14,15). The molecule has 0 bridgehead atoms. The van der Waals surface area contributed by atoms with Crippen molar-refractivity contribution in [3.8, 4) is 0 Å². The predicted octanol–water partition coefficient (Wildman–Crippen LogP) is 1.55. The lowest BCUT2D eigenvalue weighted by molar-refractivity contribution is 0.154. The summed E-state index contributed by atoms with van der Waals surface area (Å²) in [5, 5.41) is 3.10. The topological polar surface area (TPSA) is 50.3 Å². The number of rotatable bonds is 7. The molecule has 0 saturated heterocycles. The molecule has 0 aliphatic rings. The lowest BCUT2D eigenvalue weighted by atomic mass is 10.2. The van der Waals surface area contributed by atoms with Crippen molar-refractivity contribution in [2.24, 2.45) is 0 Å². The minimum atomic E-state index is 0.717. The highest BCUT2D eigenvalue weighted by Crippen LogP contribution is 2.22. The predicted molar refractivity (Wildman–Crippen MR) is 70.7 cm³/mol. The van der Waals surface area contributed by atoms with Crippen molar-refractivity contribution in [3.05, 3.63) is 11.9 Å². The molecule has 1 N–H and O–H groups in total. The molecule has 1 aromatic rings. The number of likely N-dealkylation sites (N-methyl/N-ethyl adjacent to an activating group) is 1. The summed E-state index contributed by atoms with van der Waals surface area (Å²) >= 11 is 0. The fourth-order valence-corrected chi connectivity index (χ4v) is 1.72. The van der Waals surface area contributed by atoms with Gasteiger partial charge in [0.15, 0.2) is 0 Å². The Hall–Kier alpha value is -1.36. The molecule has 96 valence electrons. The zero-order valence-electron chi connectivity index (χ0n) is 11.2. The van der Waals surface area contributed by atoms with Gasteiger partial charge in [-0.3, -0.25) is 0 Å². The Morgan fingerprint density at radius 1 is 1.35 bits per heavy atom. The molecule has 0 radical (unpaired) electrons. The Labute approximate surface area is 103 Å². The quantitative estimate of drug-likeness (QED) is 0.730. The van der Waals surface area contributed by atoms with Crippen LogP contribution in [0.5, 0.6) is 0 Å². The molecule has 0 saturated carbocycles. The molecule has 1 rings (SSSR count). The van der Waals surface area contributed by atoms with E-state index in [-0.39, 0.29) is 0 Å². The first-order chi connectivity index (χ1) is 8.24. The van der Waals surface area contributed by atoms with Crippen molar-refractivity contribution in [2.45, 2.75) is 20.3 Å². The summed E-state index contributed by atoms with van der Waals surface area (Å²) in [5.74, 6) is 1.88. The van der Waals surface area contributed by atoms with Crippen LogP contribution in [0, 0.1) is 0 Å². The minimum absolute atomic E-state index is 0.717. The molecule has 0 unspecified atom stereocenters. The fourth-order valence-electron chi connectivity index (χ4n) is 1.72. The summed E-state index contributed by atoms with van der Waals surface area (Å²) in [5.41, 5.74) is 1.15. The van der Waals surface area contributed by atoms with E-state index in [1.165, 1.54) is 0 Å². The first-order valence-electron chi connectivity index (χ1n) is 6.05. The average Bonchev–Trinajstić information content (AvgIpc) is 2.37. The van der Waals surface area contributed by atoms with Gasteiger partial charge in [-0.15, -0.1) is 0 Å². The molecule has 5 nitrogen and oxygen atoms in total. The second-order valence-electron chi connectivity index (χ2n) is 3.75. The van der Waals surface area contributed by atoms with E-state index >= 15 is 0 Å². The minimum Gasteiger partial charge on any atom is -0.380 e. The van der Waals surface area contributed by atoms with Crippen LogP contribution in [-0.2, 0) is 11.2 Å². The van der Waals surface area contributed by atoms with Crippen LogP contribution in [0.15, 0.2) is 6.33 Å². The van der Waals surface area contributed by atoms with Gasteiger partial charge in [0, 0.05) is 32.8 Å². The highest BCUT2D eigenvalue weighted by atomic mass is 16.5. The summed E-state index contributed by atoms with van der Waals surface area (Å²) in [6, 6.07) is 0. The van der Waals surface area contributed by atoms with Gasteiger partial charge in [-0.25, -0.2) is 9.97 Å². The second kappa shape index (κ2) is 7.06. The molecule has 1 aromatic heterocycles. The second-order valence-corrected chi connectivity index (χ2v) is 3.75. The van der Waals surface area contributed by atoms with Crippen molar-refractivity contribution in [1.29, 1.82) is 0 Å². The van der Waals surface area contributed by atoms with E-state index < -0.39 is 0 Å². The van der Waals surface area contributed by atoms with E-state index in [0.29, 0.717) is 0 Å². The highest BCUT2D eigenvalue weighted by Gasteiger charge is 2.12. The lowest BCUT2D eigenvalue weighted by Crippen LogP contribution is -2.25. The molecular formula is C12H22N4O. The smallest absolute Gasteiger partial charge is 0.137 e. The van der Waals surface area contributed by atoms with Crippen molar-refractivity contribution in [1.82, 2.24) is 9.97 Å². The van der Waals surface area contributed by atoms with E-state index in [4.69, 9.17) is 4.74 Å². The van der Waals surface area contributed by atoms with Gasteiger partial charge >= 0.3 is 0 Å². The molecular weight excluding hydrogens is 216 g/mol. The van der Waals surface area contributed by atoms with E-state index in [2.05, 4.69) is 27.1 Å². The molecule has 0 aliphatic carbocycles. The Morgan fingerprint density at radius 2 is 2.12 bits per heavy atom. The van der Waals surface area contributed by atoms with Crippen molar-refractivity contribution in [3.63, 3.8) is 0 Å². The third-order valence-electron chi connectivity index (χ3n) is 2.65. The molecule has 17 heavy (non-hydrogen) atoms. The molecule has 0 aliphatic heterocycles. The third kappa shape index (κ3) is 3.56. The van der Waals surface area contributed by atoms with Crippen molar-refractivity contribution >= 4 is 11.6 Å². The average molecular weight is 238 g/mol. The maximum absolute atomic E-state index is 5.36. The van der Waals surface area contributed by atoms with Crippen molar-refractivity contribution in [2.75, 3.05) is 44.1 Å². The summed E-state index contributed by atoms with van der Waals surface area (Å²) < 4.78 is 5.36. The number of nitrogens with one attached hydrogen (secondary N) is 1. The molecule has 0 amide bonds. The number of hydrogen-bond acceptors (Lipinski definition) is 5. The summed E-state index contributed by atoms with van der Waals surface area (Å²) in [6.07, 6.45) is 2.50. The molecule has 0 aromatic carbocycles. The fraction of sp³-hybridized carbons (Fsp3) is 0.667. The summed E-state index contributed by atoms with van der Waals surface area (Å²) in [4.78, 5) is 10.7. The van der Waals surface area contributed by atoms with Crippen LogP contribution < -0.4 is 10.2 Å². The van der Waals surface area contributed by atoms with E-state index in [9.17, 15) is 0 Å². The zero-order chi connectivity index (χ0) is 12.7. The molecule has 0 spiro atoms. The maximum atomic E-state index is 5.36. The first-order valence-corrected chi connectivity index (χ1v) is 6.05. The molecule has 1 heterocycles. The van der Waals surface area contributed by atoms with Gasteiger partial charge in [0.25, 0.3) is 0 Å². The summed E-state index contributed by atoms with van der Waals surface area (Å²) in [7, 11) is 3.91. The highest BCUT2D eigenvalue weighted by molar-refractivity contribution is 5.58. The van der Waals surface area contributed by atoms with Crippen LogP contribution in [0.4, 0.5) is 11.6 Å². The van der Waals surface area contributed by atoms with Gasteiger partial charge in [-0.2, -0.15) is 0 Å². The van der Waals surface area contributed by atoms with E-state index in [1.54, 1.807) is 6.33 Å². The van der Waals surface area contributed by atoms with Crippen LogP contribution in [0.3, 0.4) is 0 Å². The van der Waals surface area contributed by atoms with Crippen LogP contribution in [0.2, 0.25) is 0 Å². The van der Waals surface area contributed by atoms with Gasteiger partial charge in [0.05, 0.1) is 6.61 Å². The first kappa shape index (κ1) is 13.7. The third-order valence-corrected chi connectivity index (χ3v) is 2.65. The van der Waals surface area contributed by atoms with E-state index in [0.717, 1.165) is 43.4 Å². The Balaban J connectivity index is 2.81. The number of hydrogen-bond donors (Lipinski definition) is 1. The van der Waals surface area contributed by atoms with Gasteiger partial charge < -0.3 is 15.0 Å². The number of nitrogens with zero attached hydrogens (tertiary/aromatic N) is 3. The zero-order valence-corrected chi connectivity index (χ0v) is 11.2. The number of ether oxygens (including phenoxy) is 1. The maximum Gasteiger partial charge on any atom is 0.137 e. The Bertz CT molecular complexity index is 343. The summed E-state index contributed by atoms with van der Waals surface area (Å²) in [6.45, 7) is 6.41. The van der Waals surface area contributed by atoms with Crippen LogP contribution >= 0.6 is 0 Å². The normalized spacial score (nSPS) is 10.4. The largest absolute Gasteiger partial charge is 0.380 e. The van der Waals surface area contributed by atoms with Crippen molar-refractivity contribution < 1.29 is 4.74 Å².